The molecule has 0 saturated heterocycles. The van der Waals surface area contributed by atoms with E-state index in [0.29, 0.717) is 17.3 Å². The number of furan rings is 1. The van der Waals surface area contributed by atoms with Crippen molar-refractivity contribution in [2.45, 2.75) is 27.3 Å². The quantitative estimate of drug-likeness (QED) is 0.366. The maximum absolute atomic E-state index is 13.5. The van der Waals surface area contributed by atoms with Gasteiger partial charge in [0.05, 0.1) is 6.54 Å². The first-order valence-corrected chi connectivity index (χ1v) is 10.3. The summed E-state index contributed by atoms with van der Waals surface area (Å²) in [6, 6.07) is 15.4. The SMILES string of the molecule is Cc1cc(C)c2c(C)c(C(=O)N(Cc3cccs3)c3ccc(Cl)cc3)oc2c1. The molecule has 2 aromatic carbocycles. The molecule has 142 valence electrons. The number of amides is 1. The number of aryl methyl sites for hydroxylation is 3. The van der Waals surface area contributed by atoms with Crippen LogP contribution in [0, 0.1) is 20.8 Å². The number of carbonyl (C=O) groups excluding carboxylic acids is 1. The molecule has 0 aliphatic carbocycles. The lowest BCUT2D eigenvalue weighted by Crippen LogP contribution is -2.30. The van der Waals surface area contributed by atoms with Crippen LogP contribution in [0.1, 0.15) is 32.1 Å². The zero-order valence-electron chi connectivity index (χ0n) is 16.0. The second kappa shape index (κ2) is 7.46. The molecule has 0 saturated carbocycles. The lowest BCUT2D eigenvalue weighted by Gasteiger charge is -2.21. The van der Waals surface area contributed by atoms with E-state index in [2.05, 4.69) is 13.0 Å². The highest BCUT2D eigenvalue weighted by molar-refractivity contribution is 7.09. The Morgan fingerprint density at radius 1 is 1.11 bits per heavy atom. The van der Waals surface area contributed by atoms with Crippen molar-refractivity contribution in [2.75, 3.05) is 4.90 Å². The zero-order chi connectivity index (χ0) is 19.8. The Bertz CT molecular complexity index is 1140. The summed E-state index contributed by atoms with van der Waals surface area (Å²) in [6.45, 7) is 6.51. The number of benzene rings is 2. The second-order valence-electron chi connectivity index (χ2n) is 6.96. The second-order valence-corrected chi connectivity index (χ2v) is 8.43. The highest BCUT2D eigenvalue weighted by Gasteiger charge is 2.26. The van der Waals surface area contributed by atoms with E-state index in [9.17, 15) is 4.79 Å². The minimum absolute atomic E-state index is 0.151. The third-order valence-corrected chi connectivity index (χ3v) is 5.96. The first-order valence-electron chi connectivity index (χ1n) is 9.04. The molecule has 5 heteroatoms. The van der Waals surface area contributed by atoms with Crippen LogP contribution in [-0.4, -0.2) is 5.91 Å². The van der Waals surface area contributed by atoms with Crippen LogP contribution in [0.3, 0.4) is 0 Å². The molecule has 2 aromatic heterocycles. The van der Waals surface area contributed by atoms with Crippen LogP contribution in [-0.2, 0) is 6.54 Å². The molecule has 28 heavy (non-hydrogen) atoms. The Morgan fingerprint density at radius 2 is 1.86 bits per heavy atom. The van der Waals surface area contributed by atoms with Crippen LogP contribution in [0.25, 0.3) is 11.0 Å². The Morgan fingerprint density at radius 3 is 2.54 bits per heavy atom. The summed E-state index contributed by atoms with van der Waals surface area (Å²) < 4.78 is 6.05. The molecular weight excluding hydrogens is 390 g/mol. The average Bonchev–Trinajstić information content (AvgIpc) is 3.28. The number of nitrogens with zero attached hydrogens (tertiary/aromatic N) is 1. The van der Waals surface area contributed by atoms with Gasteiger partial charge in [-0.25, -0.2) is 0 Å². The van der Waals surface area contributed by atoms with Crippen LogP contribution >= 0.6 is 22.9 Å². The lowest BCUT2D eigenvalue weighted by atomic mass is 10.0. The third kappa shape index (κ3) is 3.46. The number of fused-ring (bicyclic) bond motifs is 1. The monoisotopic (exact) mass is 409 g/mol. The summed E-state index contributed by atoms with van der Waals surface area (Å²) in [5, 5.41) is 3.66. The average molecular weight is 410 g/mol. The first-order chi connectivity index (χ1) is 13.4. The van der Waals surface area contributed by atoms with E-state index in [1.165, 1.54) is 0 Å². The van der Waals surface area contributed by atoms with Gasteiger partial charge in [0.1, 0.15) is 5.58 Å². The van der Waals surface area contributed by atoms with Gasteiger partial charge in [-0.2, -0.15) is 0 Å². The van der Waals surface area contributed by atoms with E-state index in [4.69, 9.17) is 16.0 Å². The van der Waals surface area contributed by atoms with E-state index >= 15 is 0 Å². The first kappa shape index (κ1) is 18.8. The standard InChI is InChI=1S/C23H20ClNO2S/c1-14-11-15(2)21-16(3)22(27-20(21)12-14)23(26)25(13-19-5-4-10-28-19)18-8-6-17(24)7-9-18/h4-12H,13H2,1-3H3. The maximum atomic E-state index is 13.5. The number of anilines is 1. The number of thiophene rings is 1. The number of hydrogen-bond acceptors (Lipinski definition) is 3. The van der Waals surface area contributed by atoms with Gasteiger partial charge in [-0.3, -0.25) is 4.79 Å². The fourth-order valence-electron chi connectivity index (χ4n) is 3.58. The fraction of sp³-hybridized carbons (Fsp3) is 0.174. The molecule has 1 amide bonds. The Kier molecular flexibility index (Phi) is 5.00. The number of halogens is 1. The Balaban J connectivity index is 1.81. The molecular formula is C23H20ClNO2S. The molecule has 2 heterocycles. The van der Waals surface area contributed by atoms with E-state index in [1.807, 2.05) is 49.6 Å². The van der Waals surface area contributed by atoms with Crippen molar-refractivity contribution in [3.8, 4) is 0 Å². The van der Waals surface area contributed by atoms with Gasteiger partial charge in [0.2, 0.25) is 0 Å². The van der Waals surface area contributed by atoms with Crippen LogP contribution in [0.15, 0.2) is 58.3 Å². The van der Waals surface area contributed by atoms with Gasteiger partial charge in [0.15, 0.2) is 5.76 Å². The number of hydrogen-bond donors (Lipinski definition) is 0. The molecule has 4 aromatic rings. The van der Waals surface area contributed by atoms with Gasteiger partial charge in [-0.05, 0) is 73.7 Å². The molecule has 0 aliphatic rings. The molecule has 0 bridgehead atoms. The summed E-state index contributed by atoms with van der Waals surface area (Å²) in [6.07, 6.45) is 0. The number of rotatable bonds is 4. The van der Waals surface area contributed by atoms with Crippen molar-refractivity contribution < 1.29 is 9.21 Å². The van der Waals surface area contributed by atoms with Crippen LogP contribution in [0.4, 0.5) is 5.69 Å². The van der Waals surface area contributed by atoms with Crippen LogP contribution in [0.5, 0.6) is 0 Å². The Labute approximate surface area is 173 Å². The highest BCUT2D eigenvalue weighted by atomic mass is 35.5. The van der Waals surface area contributed by atoms with Gasteiger partial charge in [-0.15, -0.1) is 11.3 Å². The predicted molar refractivity (Wildman–Crippen MR) is 117 cm³/mol. The molecule has 0 unspecified atom stereocenters. The normalized spacial score (nSPS) is 11.1. The zero-order valence-corrected chi connectivity index (χ0v) is 17.5. The van der Waals surface area contributed by atoms with Gasteiger partial charge in [-0.1, -0.05) is 23.7 Å². The molecule has 0 aliphatic heterocycles. The van der Waals surface area contributed by atoms with Crippen molar-refractivity contribution in [1.82, 2.24) is 0 Å². The van der Waals surface area contributed by atoms with Crippen LogP contribution in [0.2, 0.25) is 5.02 Å². The molecule has 4 rings (SSSR count). The summed E-state index contributed by atoms with van der Waals surface area (Å²) in [5.41, 5.74) is 4.65. The minimum atomic E-state index is -0.151. The molecule has 0 fully saturated rings. The summed E-state index contributed by atoms with van der Waals surface area (Å²) in [4.78, 5) is 16.4. The molecule has 0 atom stereocenters. The van der Waals surface area contributed by atoms with Crippen molar-refractivity contribution in [2.24, 2.45) is 0 Å². The van der Waals surface area contributed by atoms with Crippen LogP contribution < -0.4 is 4.90 Å². The predicted octanol–water partition coefficient (Wildman–Crippen LogP) is 6.92. The Hall–Kier alpha value is -2.56. The molecule has 0 spiro atoms. The van der Waals surface area contributed by atoms with Crippen molar-refractivity contribution in [3.05, 3.63) is 86.3 Å². The van der Waals surface area contributed by atoms with Gasteiger partial charge in [0.25, 0.3) is 5.91 Å². The highest BCUT2D eigenvalue weighted by Crippen LogP contribution is 2.32. The van der Waals surface area contributed by atoms with E-state index < -0.39 is 0 Å². The van der Waals surface area contributed by atoms with Gasteiger partial charge >= 0.3 is 0 Å². The smallest absolute Gasteiger partial charge is 0.294 e. The number of carbonyl (C=O) groups is 1. The third-order valence-electron chi connectivity index (χ3n) is 4.84. The minimum Gasteiger partial charge on any atom is -0.451 e. The van der Waals surface area contributed by atoms with Crippen molar-refractivity contribution >= 4 is 45.5 Å². The van der Waals surface area contributed by atoms with E-state index in [-0.39, 0.29) is 5.91 Å². The van der Waals surface area contributed by atoms with Crippen molar-refractivity contribution in [3.63, 3.8) is 0 Å². The molecule has 3 nitrogen and oxygen atoms in total. The van der Waals surface area contributed by atoms with E-state index in [1.54, 1.807) is 28.4 Å². The topological polar surface area (TPSA) is 33.5 Å². The van der Waals surface area contributed by atoms with Gasteiger partial charge in [0, 0.05) is 26.5 Å². The van der Waals surface area contributed by atoms with E-state index in [0.717, 1.165) is 38.2 Å². The summed E-state index contributed by atoms with van der Waals surface area (Å²) in [5.74, 6) is 0.233. The van der Waals surface area contributed by atoms with Gasteiger partial charge < -0.3 is 9.32 Å². The summed E-state index contributed by atoms with van der Waals surface area (Å²) >= 11 is 7.67. The fourth-order valence-corrected chi connectivity index (χ4v) is 4.39. The lowest BCUT2D eigenvalue weighted by molar-refractivity contribution is 0.0960. The summed E-state index contributed by atoms with van der Waals surface area (Å²) in [7, 11) is 0. The molecule has 0 radical (unpaired) electrons. The molecule has 0 N–H and O–H groups in total. The largest absolute Gasteiger partial charge is 0.451 e. The van der Waals surface area contributed by atoms with Crippen molar-refractivity contribution in [1.29, 1.82) is 0 Å². The maximum Gasteiger partial charge on any atom is 0.294 e.